The molecule has 0 atom stereocenters. The van der Waals surface area contributed by atoms with Gasteiger partial charge in [-0.2, -0.15) is 0 Å². The zero-order valence-electron chi connectivity index (χ0n) is 30.5. The third-order valence-corrected chi connectivity index (χ3v) is 12.3. The summed E-state index contributed by atoms with van der Waals surface area (Å²) in [6.45, 7) is 0. The van der Waals surface area contributed by atoms with Gasteiger partial charge in [-0.25, -0.2) is 0 Å². The summed E-state index contributed by atoms with van der Waals surface area (Å²) in [5, 5.41) is 9.73. The number of hydrogen-bond acceptors (Lipinski definition) is 1. The lowest BCUT2D eigenvalue weighted by Gasteiger charge is -2.35. The van der Waals surface area contributed by atoms with Crippen LogP contribution < -0.4 is 0 Å². The fourth-order valence-corrected chi connectivity index (χ4v) is 9.97. The molecule has 1 heterocycles. The molecule has 0 radical (unpaired) electrons. The van der Waals surface area contributed by atoms with Crippen LogP contribution in [-0.4, -0.2) is 0 Å². The first-order valence-electron chi connectivity index (χ1n) is 19.4. The second-order valence-corrected chi connectivity index (χ2v) is 15.1. The maximum Gasteiger partial charge on any atom is 0.136 e. The monoisotopic (exact) mass is 710 g/mol. The third-order valence-electron chi connectivity index (χ3n) is 12.3. The molecule has 0 amide bonds. The van der Waals surface area contributed by atoms with Crippen LogP contribution >= 0.6 is 0 Å². The van der Waals surface area contributed by atoms with Crippen molar-refractivity contribution in [3.05, 3.63) is 229 Å². The molecule has 0 fully saturated rings. The SMILES string of the molecule is c1ccc(C2(c3ccccc3)c3cc(-c4cccc5oc6cc7ccccc7cc6c45)ccc3-c3ccc4c(-c5cccc6ccccc56)cccc4c32)cc1. The van der Waals surface area contributed by atoms with Crippen LogP contribution in [0.5, 0.6) is 0 Å². The van der Waals surface area contributed by atoms with E-state index in [1.165, 1.54) is 88.0 Å². The molecular weight excluding hydrogens is 677 g/mol. The molecule has 0 spiro atoms. The summed E-state index contributed by atoms with van der Waals surface area (Å²) < 4.78 is 6.57. The smallest absolute Gasteiger partial charge is 0.136 e. The van der Waals surface area contributed by atoms with E-state index in [1.54, 1.807) is 0 Å². The highest BCUT2D eigenvalue weighted by Crippen LogP contribution is 2.59. The van der Waals surface area contributed by atoms with Crippen molar-refractivity contribution in [1.82, 2.24) is 0 Å². The van der Waals surface area contributed by atoms with Crippen molar-refractivity contribution >= 4 is 54.3 Å². The molecule has 0 bridgehead atoms. The Labute approximate surface area is 324 Å². The Morgan fingerprint density at radius 3 is 1.70 bits per heavy atom. The Bertz CT molecular complexity index is 3310. The fourth-order valence-electron chi connectivity index (χ4n) is 9.97. The summed E-state index contributed by atoms with van der Waals surface area (Å²) in [5.74, 6) is 0. The standard InChI is InChI=1S/C55H34O/c1-3-18-39(19-4-1)55(40-20-5-2-6-21-40)50-33-38(42-23-13-27-51-53(42)49-32-36-15-7-8-16-37(36)34-52(49)56-51)28-29-46(50)48-31-30-45-44(25-12-26-47(45)54(48)55)43-24-11-17-35-14-9-10-22-41(35)43/h1-34H. The Morgan fingerprint density at radius 1 is 0.321 bits per heavy atom. The summed E-state index contributed by atoms with van der Waals surface area (Å²) in [6, 6.07) is 76.0. The third kappa shape index (κ3) is 4.31. The molecule has 11 aromatic rings. The molecule has 12 rings (SSSR count). The molecule has 0 N–H and O–H groups in total. The van der Waals surface area contributed by atoms with Crippen LogP contribution in [0.15, 0.2) is 211 Å². The minimum absolute atomic E-state index is 0.581. The first-order valence-corrected chi connectivity index (χ1v) is 19.4. The van der Waals surface area contributed by atoms with Gasteiger partial charge in [-0.15, -0.1) is 0 Å². The van der Waals surface area contributed by atoms with E-state index in [1.807, 2.05) is 0 Å². The zero-order valence-corrected chi connectivity index (χ0v) is 30.5. The van der Waals surface area contributed by atoms with Gasteiger partial charge >= 0.3 is 0 Å². The highest BCUT2D eigenvalue weighted by atomic mass is 16.3. The van der Waals surface area contributed by atoms with E-state index in [9.17, 15) is 0 Å². The fraction of sp³-hybridized carbons (Fsp3) is 0.0182. The van der Waals surface area contributed by atoms with E-state index >= 15 is 0 Å². The van der Waals surface area contributed by atoms with Crippen molar-refractivity contribution in [3.8, 4) is 33.4 Å². The average molecular weight is 711 g/mol. The topological polar surface area (TPSA) is 13.1 Å². The first kappa shape index (κ1) is 31.2. The normalized spacial score (nSPS) is 13.1. The molecule has 0 unspecified atom stereocenters. The van der Waals surface area contributed by atoms with Crippen LogP contribution in [0.4, 0.5) is 0 Å². The van der Waals surface area contributed by atoms with E-state index < -0.39 is 5.41 Å². The molecule has 0 aliphatic heterocycles. The molecule has 56 heavy (non-hydrogen) atoms. The van der Waals surface area contributed by atoms with Gasteiger partial charge in [0.1, 0.15) is 11.2 Å². The Kier molecular flexibility index (Phi) is 6.62. The maximum atomic E-state index is 6.57. The molecule has 1 nitrogen and oxygen atoms in total. The van der Waals surface area contributed by atoms with Crippen LogP contribution in [0.1, 0.15) is 22.3 Å². The maximum absolute atomic E-state index is 6.57. The van der Waals surface area contributed by atoms with E-state index in [0.29, 0.717) is 0 Å². The van der Waals surface area contributed by atoms with Crippen molar-refractivity contribution in [2.75, 3.05) is 0 Å². The highest BCUT2D eigenvalue weighted by molar-refractivity contribution is 6.16. The Hall–Kier alpha value is -7.22. The minimum Gasteiger partial charge on any atom is -0.456 e. The number of fused-ring (bicyclic) bond motifs is 10. The number of hydrogen-bond donors (Lipinski definition) is 0. The van der Waals surface area contributed by atoms with E-state index in [-0.39, 0.29) is 0 Å². The van der Waals surface area contributed by atoms with Crippen LogP contribution in [0.25, 0.3) is 87.6 Å². The second kappa shape index (κ2) is 11.9. The highest BCUT2D eigenvalue weighted by Gasteiger charge is 2.47. The lowest BCUT2D eigenvalue weighted by molar-refractivity contribution is 0.669. The van der Waals surface area contributed by atoms with Gasteiger partial charge in [-0.05, 0) is 112 Å². The van der Waals surface area contributed by atoms with Gasteiger partial charge in [-0.1, -0.05) is 182 Å². The lowest BCUT2D eigenvalue weighted by Crippen LogP contribution is -2.29. The summed E-state index contributed by atoms with van der Waals surface area (Å²) in [6.07, 6.45) is 0. The van der Waals surface area contributed by atoms with Crippen LogP contribution in [0.2, 0.25) is 0 Å². The Balaban J connectivity index is 1.18. The Morgan fingerprint density at radius 2 is 0.911 bits per heavy atom. The van der Waals surface area contributed by atoms with Crippen LogP contribution in [0, 0.1) is 0 Å². The molecule has 0 saturated carbocycles. The summed E-state index contributed by atoms with van der Waals surface area (Å²) in [5.41, 5.74) is 13.8. The summed E-state index contributed by atoms with van der Waals surface area (Å²) >= 11 is 0. The van der Waals surface area contributed by atoms with Gasteiger partial charge < -0.3 is 4.42 Å². The van der Waals surface area contributed by atoms with Gasteiger partial charge in [-0.3, -0.25) is 0 Å². The van der Waals surface area contributed by atoms with Gasteiger partial charge in [0.25, 0.3) is 0 Å². The van der Waals surface area contributed by atoms with Crippen LogP contribution in [-0.2, 0) is 5.41 Å². The van der Waals surface area contributed by atoms with Crippen LogP contribution in [0.3, 0.4) is 0 Å². The van der Waals surface area contributed by atoms with Crippen molar-refractivity contribution in [1.29, 1.82) is 0 Å². The molecule has 0 saturated heterocycles. The molecule has 1 heteroatoms. The number of furan rings is 1. The van der Waals surface area contributed by atoms with E-state index in [2.05, 4.69) is 206 Å². The van der Waals surface area contributed by atoms with Crippen molar-refractivity contribution in [3.63, 3.8) is 0 Å². The number of rotatable bonds is 4. The van der Waals surface area contributed by atoms with Gasteiger partial charge in [0.15, 0.2) is 0 Å². The van der Waals surface area contributed by atoms with Gasteiger partial charge in [0.05, 0.1) is 5.41 Å². The van der Waals surface area contributed by atoms with E-state index in [4.69, 9.17) is 4.42 Å². The molecule has 1 aromatic heterocycles. The van der Waals surface area contributed by atoms with Crippen molar-refractivity contribution < 1.29 is 4.42 Å². The van der Waals surface area contributed by atoms with Gasteiger partial charge in [0.2, 0.25) is 0 Å². The molecule has 260 valence electrons. The molecule has 10 aromatic carbocycles. The first-order chi connectivity index (χ1) is 27.8. The summed E-state index contributed by atoms with van der Waals surface area (Å²) in [4.78, 5) is 0. The molecule has 1 aliphatic carbocycles. The molecule has 1 aliphatic rings. The quantitative estimate of drug-likeness (QED) is 0.177. The summed E-state index contributed by atoms with van der Waals surface area (Å²) in [7, 11) is 0. The minimum atomic E-state index is -0.581. The second-order valence-electron chi connectivity index (χ2n) is 15.1. The largest absolute Gasteiger partial charge is 0.456 e. The lowest BCUT2D eigenvalue weighted by atomic mass is 9.66. The van der Waals surface area contributed by atoms with Gasteiger partial charge in [0, 0.05) is 10.8 Å². The predicted octanol–water partition coefficient (Wildman–Crippen LogP) is 14.7. The van der Waals surface area contributed by atoms with Crippen molar-refractivity contribution in [2.24, 2.45) is 0 Å². The van der Waals surface area contributed by atoms with Crippen molar-refractivity contribution in [2.45, 2.75) is 5.41 Å². The number of benzene rings is 10. The zero-order chi connectivity index (χ0) is 36.8. The molecular formula is C55H34O. The average Bonchev–Trinajstić information content (AvgIpc) is 3.79. The van der Waals surface area contributed by atoms with E-state index in [0.717, 1.165) is 21.9 Å². The predicted molar refractivity (Wildman–Crippen MR) is 234 cm³/mol.